The highest BCUT2D eigenvalue weighted by Gasteiger charge is 2.33. The van der Waals surface area contributed by atoms with Gasteiger partial charge < -0.3 is 43.6 Å². The summed E-state index contributed by atoms with van der Waals surface area (Å²) in [6, 6.07) is 16.7. The maximum atomic E-state index is 13.9. The second-order valence-corrected chi connectivity index (χ2v) is 13.5. The van der Waals surface area contributed by atoms with E-state index in [1.54, 1.807) is 50.2 Å². The van der Waals surface area contributed by atoms with Gasteiger partial charge in [0.2, 0.25) is 29.5 Å². The van der Waals surface area contributed by atoms with Crippen LogP contribution in [0.3, 0.4) is 0 Å². The Morgan fingerprint density at radius 1 is 0.654 bits per heavy atom. The molecule has 0 fully saturated rings. The first-order valence-electron chi connectivity index (χ1n) is 17.3. The normalized spacial score (nSPS) is 14.0. The predicted molar refractivity (Wildman–Crippen MR) is 200 cm³/mol. The number of amides is 5. The molecule has 0 spiro atoms. The van der Waals surface area contributed by atoms with E-state index in [1.165, 1.54) is 12.1 Å². The molecule has 11 N–H and O–H groups in total. The summed E-state index contributed by atoms with van der Waals surface area (Å²) in [7, 11) is 0. The van der Waals surface area contributed by atoms with Crippen molar-refractivity contribution in [1.29, 1.82) is 0 Å². The van der Waals surface area contributed by atoms with Crippen LogP contribution in [0.2, 0.25) is 5.02 Å². The number of hydrogen-bond acceptors (Lipinski definition) is 8. The number of carbonyl (C=O) groups excluding carboxylic acids is 5. The SMILES string of the molecule is CC(C)[C@H](NC(=O)[C@H](Cc1ccccc1)NC(=O)[C@@H](N)Cc1ccc(Cl)cc1)C(=O)N[C@@H](Cc1ccc(O)cc1)C(=O)N[C@@H](CCCCN)C(N)=O. The first-order chi connectivity index (χ1) is 24.8. The molecule has 0 saturated carbocycles. The van der Waals surface area contributed by atoms with Gasteiger partial charge in [-0.15, -0.1) is 0 Å². The standard InChI is InChI=1S/C38H50ClN7O6/c1-23(2)33(38(52)45-31(22-26-13-17-28(47)18-14-26)36(50)43-30(34(42)48)10-6-7-19-40)46-37(51)32(21-24-8-4-3-5-9-24)44-35(49)29(41)20-25-11-15-27(39)16-12-25/h3-5,8-9,11-18,23,29-33,47H,6-7,10,19-22,40-41H2,1-2H3,(H2,42,48)(H,43,50)(H,44,49)(H,45,52)(H,46,51)/t29-,30-,31-,32-,33-/m0/s1. The van der Waals surface area contributed by atoms with Crippen LogP contribution in [-0.2, 0) is 43.2 Å². The molecule has 52 heavy (non-hydrogen) atoms. The van der Waals surface area contributed by atoms with Gasteiger partial charge in [0.05, 0.1) is 6.04 Å². The Morgan fingerprint density at radius 2 is 1.15 bits per heavy atom. The van der Waals surface area contributed by atoms with Gasteiger partial charge in [0.1, 0.15) is 29.9 Å². The average Bonchev–Trinajstić information content (AvgIpc) is 3.11. The van der Waals surface area contributed by atoms with Crippen molar-refractivity contribution in [1.82, 2.24) is 21.3 Å². The number of phenols is 1. The Kier molecular flexibility index (Phi) is 16.5. The molecule has 0 aliphatic rings. The van der Waals surface area contributed by atoms with E-state index in [-0.39, 0.29) is 31.4 Å². The van der Waals surface area contributed by atoms with Gasteiger partial charge in [-0.05, 0) is 79.1 Å². The molecule has 5 amide bonds. The Labute approximate surface area is 309 Å². The summed E-state index contributed by atoms with van der Waals surface area (Å²) in [5, 5.41) is 21.2. The molecule has 5 atom stereocenters. The van der Waals surface area contributed by atoms with E-state index in [1.807, 2.05) is 30.3 Å². The lowest BCUT2D eigenvalue weighted by Gasteiger charge is -2.28. The number of hydrogen-bond donors (Lipinski definition) is 8. The highest BCUT2D eigenvalue weighted by molar-refractivity contribution is 6.30. The van der Waals surface area contributed by atoms with Crippen LogP contribution in [-0.4, -0.2) is 71.4 Å². The molecule has 13 nitrogen and oxygen atoms in total. The molecule has 0 aliphatic carbocycles. The number of unbranched alkanes of at least 4 members (excludes halogenated alkanes) is 1. The largest absolute Gasteiger partial charge is 0.508 e. The average molecular weight is 736 g/mol. The van der Waals surface area contributed by atoms with Crippen LogP contribution in [0, 0.1) is 5.92 Å². The first-order valence-corrected chi connectivity index (χ1v) is 17.7. The zero-order chi connectivity index (χ0) is 38.2. The van der Waals surface area contributed by atoms with Gasteiger partial charge in [-0.1, -0.05) is 80.0 Å². The minimum absolute atomic E-state index is 0.00307. The van der Waals surface area contributed by atoms with Crippen molar-refractivity contribution in [2.45, 2.75) is 82.6 Å². The summed E-state index contributed by atoms with van der Waals surface area (Å²) in [5.41, 5.74) is 19.6. The minimum atomic E-state index is -1.18. The Bertz CT molecular complexity index is 1620. The van der Waals surface area contributed by atoms with Crippen LogP contribution in [0.1, 0.15) is 49.8 Å². The van der Waals surface area contributed by atoms with Gasteiger partial charge in [-0.3, -0.25) is 24.0 Å². The third-order valence-corrected chi connectivity index (χ3v) is 8.74. The number of benzene rings is 3. The Hall–Kier alpha value is -4.98. The second kappa shape index (κ2) is 20.8. The first kappa shape index (κ1) is 41.4. The highest BCUT2D eigenvalue weighted by atomic mass is 35.5. The molecule has 0 radical (unpaired) electrons. The summed E-state index contributed by atoms with van der Waals surface area (Å²) in [6.07, 6.45) is 1.76. The van der Waals surface area contributed by atoms with Crippen LogP contribution in [0.15, 0.2) is 78.9 Å². The third-order valence-electron chi connectivity index (χ3n) is 8.48. The predicted octanol–water partition coefficient (Wildman–Crippen LogP) is 1.61. The Balaban J connectivity index is 1.81. The van der Waals surface area contributed by atoms with Crippen molar-refractivity contribution >= 4 is 41.1 Å². The van der Waals surface area contributed by atoms with E-state index in [2.05, 4.69) is 21.3 Å². The molecular weight excluding hydrogens is 686 g/mol. The summed E-state index contributed by atoms with van der Waals surface area (Å²) < 4.78 is 0. The molecule has 3 aromatic carbocycles. The zero-order valence-corrected chi connectivity index (χ0v) is 30.3. The maximum Gasteiger partial charge on any atom is 0.243 e. The van der Waals surface area contributed by atoms with Crippen molar-refractivity contribution < 1.29 is 29.1 Å². The fraction of sp³-hybridized carbons (Fsp3) is 0.395. The van der Waals surface area contributed by atoms with Crippen molar-refractivity contribution in [2.75, 3.05) is 6.54 Å². The molecule has 0 aromatic heterocycles. The molecular formula is C38H50ClN7O6. The van der Waals surface area contributed by atoms with Crippen molar-refractivity contribution in [3.8, 4) is 5.75 Å². The van der Waals surface area contributed by atoms with E-state index < -0.39 is 65.7 Å². The van der Waals surface area contributed by atoms with E-state index in [0.717, 1.165) is 11.1 Å². The molecule has 0 aliphatic heterocycles. The van der Waals surface area contributed by atoms with Crippen LogP contribution >= 0.6 is 11.6 Å². The lowest BCUT2D eigenvalue weighted by molar-refractivity contribution is -0.135. The molecule has 0 unspecified atom stereocenters. The fourth-order valence-corrected chi connectivity index (χ4v) is 5.61. The van der Waals surface area contributed by atoms with Crippen molar-refractivity contribution in [3.05, 3.63) is 101 Å². The van der Waals surface area contributed by atoms with Crippen molar-refractivity contribution in [3.63, 3.8) is 0 Å². The van der Waals surface area contributed by atoms with Gasteiger partial charge in [0.25, 0.3) is 0 Å². The second-order valence-electron chi connectivity index (χ2n) is 13.1. The number of aromatic hydroxyl groups is 1. The fourth-order valence-electron chi connectivity index (χ4n) is 5.48. The summed E-state index contributed by atoms with van der Waals surface area (Å²) in [5.74, 6) is -3.66. The van der Waals surface area contributed by atoms with Gasteiger partial charge in [0, 0.05) is 17.9 Å². The van der Waals surface area contributed by atoms with Gasteiger partial charge in [-0.2, -0.15) is 0 Å². The molecule has 0 saturated heterocycles. The lowest BCUT2D eigenvalue weighted by atomic mass is 9.99. The topological polar surface area (TPSA) is 232 Å². The molecule has 280 valence electrons. The third kappa shape index (κ3) is 13.6. The summed E-state index contributed by atoms with van der Waals surface area (Å²) in [6.45, 7) is 3.87. The van der Waals surface area contributed by atoms with E-state index in [0.29, 0.717) is 30.0 Å². The van der Waals surface area contributed by atoms with E-state index >= 15 is 0 Å². The van der Waals surface area contributed by atoms with Crippen LogP contribution in [0.4, 0.5) is 0 Å². The number of halogens is 1. The van der Waals surface area contributed by atoms with Crippen LogP contribution < -0.4 is 38.5 Å². The highest BCUT2D eigenvalue weighted by Crippen LogP contribution is 2.14. The zero-order valence-electron chi connectivity index (χ0n) is 29.5. The molecule has 3 aromatic rings. The molecule has 0 bridgehead atoms. The number of nitrogens with two attached hydrogens (primary N) is 3. The van der Waals surface area contributed by atoms with Gasteiger partial charge in [-0.25, -0.2) is 0 Å². The smallest absolute Gasteiger partial charge is 0.243 e. The number of nitrogens with one attached hydrogen (secondary N) is 4. The molecule has 0 heterocycles. The molecule has 3 rings (SSSR count). The monoisotopic (exact) mass is 735 g/mol. The quantitative estimate of drug-likeness (QED) is 0.0793. The van der Waals surface area contributed by atoms with Crippen LogP contribution in [0.5, 0.6) is 5.75 Å². The Morgan fingerprint density at radius 3 is 1.71 bits per heavy atom. The minimum Gasteiger partial charge on any atom is -0.508 e. The van der Waals surface area contributed by atoms with E-state index in [9.17, 15) is 29.1 Å². The summed E-state index contributed by atoms with van der Waals surface area (Å²) in [4.78, 5) is 66.8. The number of primary amides is 1. The molecule has 14 heteroatoms. The van der Waals surface area contributed by atoms with Gasteiger partial charge in [0.15, 0.2) is 0 Å². The maximum absolute atomic E-state index is 13.9. The van der Waals surface area contributed by atoms with Crippen LogP contribution in [0.25, 0.3) is 0 Å². The lowest BCUT2D eigenvalue weighted by Crippen LogP contribution is -2.60. The summed E-state index contributed by atoms with van der Waals surface area (Å²) >= 11 is 5.98. The van der Waals surface area contributed by atoms with E-state index in [4.69, 9.17) is 28.8 Å². The van der Waals surface area contributed by atoms with Gasteiger partial charge >= 0.3 is 0 Å². The number of rotatable bonds is 20. The number of carbonyl (C=O) groups is 5. The number of phenolic OH excluding ortho intramolecular Hbond substituents is 1. The van der Waals surface area contributed by atoms with Crippen molar-refractivity contribution in [2.24, 2.45) is 23.1 Å².